The Morgan fingerprint density at radius 3 is 2.85 bits per heavy atom. The number of amides is 1. The smallest absolute Gasteiger partial charge is 0.234 e. The summed E-state index contributed by atoms with van der Waals surface area (Å²) in [5, 5.41) is 5.09. The van der Waals surface area contributed by atoms with Crippen molar-refractivity contribution in [2.24, 2.45) is 0 Å². The molecule has 1 saturated heterocycles. The molecule has 0 spiro atoms. The first kappa shape index (κ1) is 18.9. The van der Waals surface area contributed by atoms with Crippen LogP contribution < -0.4 is 10.1 Å². The molecule has 0 radical (unpaired) electrons. The maximum Gasteiger partial charge on any atom is 0.234 e. The van der Waals surface area contributed by atoms with Gasteiger partial charge in [-0.3, -0.25) is 9.69 Å². The highest BCUT2D eigenvalue weighted by Crippen LogP contribution is 2.17. The Morgan fingerprint density at radius 2 is 2.19 bits per heavy atom. The van der Waals surface area contributed by atoms with Gasteiger partial charge in [0.25, 0.3) is 0 Å². The fourth-order valence-electron chi connectivity index (χ4n) is 3.09. The number of nitrogens with one attached hydrogen (secondary N) is 1. The monoisotopic (exact) mass is 374 g/mol. The van der Waals surface area contributed by atoms with Crippen molar-refractivity contribution in [1.29, 1.82) is 0 Å². The maximum atomic E-state index is 12.4. The van der Waals surface area contributed by atoms with Crippen LogP contribution in [0.3, 0.4) is 0 Å². The fourth-order valence-corrected chi connectivity index (χ4v) is 3.83. The van der Waals surface area contributed by atoms with Gasteiger partial charge in [-0.1, -0.05) is 18.2 Å². The summed E-state index contributed by atoms with van der Waals surface area (Å²) in [5.74, 6) is 0.856. The molecule has 6 heteroatoms. The molecule has 1 fully saturated rings. The first-order valence-corrected chi connectivity index (χ1v) is 9.87. The van der Waals surface area contributed by atoms with E-state index in [-0.39, 0.29) is 12.0 Å². The molecular weight excluding hydrogens is 348 g/mol. The molecule has 1 aliphatic heterocycles. The molecule has 3 rings (SSSR count). The van der Waals surface area contributed by atoms with Crippen LogP contribution in [0.4, 0.5) is 0 Å². The van der Waals surface area contributed by atoms with E-state index >= 15 is 0 Å². The third kappa shape index (κ3) is 5.83. The van der Waals surface area contributed by atoms with E-state index < -0.39 is 0 Å². The molecule has 140 valence electrons. The van der Waals surface area contributed by atoms with Crippen molar-refractivity contribution in [3.8, 4) is 5.75 Å². The van der Waals surface area contributed by atoms with E-state index in [1.54, 1.807) is 18.4 Å². The lowest BCUT2D eigenvalue weighted by Crippen LogP contribution is -2.40. The SMILES string of the molecule is COc1ccc(CNC(=O)CN(Cc2cccs2)CC2CCCO2)cc1. The average molecular weight is 375 g/mol. The molecule has 1 aliphatic rings. The van der Waals surface area contributed by atoms with Crippen molar-refractivity contribution in [3.63, 3.8) is 0 Å². The van der Waals surface area contributed by atoms with E-state index in [4.69, 9.17) is 9.47 Å². The molecule has 2 heterocycles. The molecule has 1 N–H and O–H groups in total. The Morgan fingerprint density at radius 1 is 1.35 bits per heavy atom. The van der Waals surface area contributed by atoms with Crippen LogP contribution in [0.1, 0.15) is 23.3 Å². The van der Waals surface area contributed by atoms with E-state index in [0.717, 1.165) is 43.9 Å². The number of nitrogens with zero attached hydrogens (tertiary/aromatic N) is 1. The second-order valence-electron chi connectivity index (χ2n) is 6.51. The van der Waals surface area contributed by atoms with Crippen molar-refractivity contribution < 1.29 is 14.3 Å². The van der Waals surface area contributed by atoms with Gasteiger partial charge in [0.1, 0.15) is 5.75 Å². The Hall–Kier alpha value is -1.89. The van der Waals surface area contributed by atoms with Gasteiger partial charge >= 0.3 is 0 Å². The van der Waals surface area contributed by atoms with Gasteiger partial charge < -0.3 is 14.8 Å². The standard InChI is InChI=1S/C20H26N2O3S/c1-24-17-8-6-16(7-9-17)12-21-20(23)15-22(13-18-4-2-10-25-18)14-19-5-3-11-26-19/h3,5-9,11,18H,2,4,10,12-15H2,1H3,(H,21,23). The molecular formula is C20H26N2O3S. The van der Waals surface area contributed by atoms with E-state index in [9.17, 15) is 4.79 Å². The lowest BCUT2D eigenvalue weighted by atomic mass is 10.2. The Bertz CT molecular complexity index is 667. The van der Waals surface area contributed by atoms with Crippen LogP contribution in [0.25, 0.3) is 0 Å². The van der Waals surface area contributed by atoms with Gasteiger partial charge in [0.15, 0.2) is 0 Å². The number of hydrogen-bond donors (Lipinski definition) is 1. The van der Waals surface area contributed by atoms with Crippen LogP contribution in [0.2, 0.25) is 0 Å². The predicted octanol–water partition coefficient (Wildman–Crippen LogP) is 3.05. The van der Waals surface area contributed by atoms with Crippen molar-refractivity contribution >= 4 is 17.2 Å². The third-order valence-electron chi connectivity index (χ3n) is 4.46. The highest BCUT2D eigenvalue weighted by atomic mass is 32.1. The van der Waals surface area contributed by atoms with E-state index in [2.05, 4.69) is 21.7 Å². The van der Waals surface area contributed by atoms with Gasteiger partial charge in [-0.25, -0.2) is 0 Å². The lowest BCUT2D eigenvalue weighted by molar-refractivity contribution is -0.122. The number of thiophene rings is 1. The summed E-state index contributed by atoms with van der Waals surface area (Å²) >= 11 is 1.72. The molecule has 1 aromatic carbocycles. The molecule has 1 unspecified atom stereocenters. The van der Waals surface area contributed by atoms with Crippen LogP contribution in [0, 0.1) is 0 Å². The largest absolute Gasteiger partial charge is 0.497 e. The summed E-state index contributed by atoms with van der Waals surface area (Å²) in [6, 6.07) is 11.9. The molecule has 5 nitrogen and oxygen atoms in total. The second kappa shape index (κ2) is 9.71. The zero-order valence-electron chi connectivity index (χ0n) is 15.1. The Balaban J connectivity index is 1.51. The molecule has 0 aliphatic carbocycles. The van der Waals surface area contributed by atoms with Crippen molar-refractivity contribution in [3.05, 3.63) is 52.2 Å². The van der Waals surface area contributed by atoms with Gasteiger partial charge in [0.2, 0.25) is 5.91 Å². The van der Waals surface area contributed by atoms with Crippen LogP contribution >= 0.6 is 11.3 Å². The lowest BCUT2D eigenvalue weighted by Gasteiger charge is -2.24. The average Bonchev–Trinajstić information content (AvgIpc) is 3.34. The first-order valence-electron chi connectivity index (χ1n) is 8.99. The summed E-state index contributed by atoms with van der Waals surface area (Å²) in [7, 11) is 1.65. The van der Waals surface area contributed by atoms with E-state index in [1.165, 1.54) is 4.88 Å². The summed E-state index contributed by atoms with van der Waals surface area (Å²) < 4.78 is 10.9. The summed E-state index contributed by atoms with van der Waals surface area (Å²) in [6.45, 7) is 3.33. The quantitative estimate of drug-likeness (QED) is 0.733. The summed E-state index contributed by atoms with van der Waals surface area (Å²) in [4.78, 5) is 15.9. The predicted molar refractivity (Wildman–Crippen MR) is 103 cm³/mol. The van der Waals surface area contributed by atoms with Gasteiger partial charge in [0, 0.05) is 31.1 Å². The Labute approximate surface area is 158 Å². The van der Waals surface area contributed by atoms with Crippen molar-refractivity contribution in [1.82, 2.24) is 10.2 Å². The number of carbonyl (C=O) groups is 1. The van der Waals surface area contributed by atoms with Crippen LogP contribution in [-0.2, 0) is 22.6 Å². The third-order valence-corrected chi connectivity index (χ3v) is 5.32. The topological polar surface area (TPSA) is 50.8 Å². The molecule has 1 atom stereocenters. The minimum absolute atomic E-state index is 0.0374. The second-order valence-corrected chi connectivity index (χ2v) is 7.54. The highest BCUT2D eigenvalue weighted by Gasteiger charge is 2.21. The fraction of sp³-hybridized carbons (Fsp3) is 0.450. The van der Waals surface area contributed by atoms with E-state index in [0.29, 0.717) is 13.1 Å². The van der Waals surface area contributed by atoms with E-state index in [1.807, 2.05) is 30.3 Å². The number of methoxy groups -OCH3 is 1. The van der Waals surface area contributed by atoms with Gasteiger partial charge in [-0.15, -0.1) is 11.3 Å². The molecule has 1 amide bonds. The molecule has 0 saturated carbocycles. The summed E-state index contributed by atoms with van der Waals surface area (Å²) in [6.07, 6.45) is 2.43. The zero-order valence-corrected chi connectivity index (χ0v) is 16.0. The molecule has 1 aromatic heterocycles. The van der Waals surface area contributed by atoms with Crippen LogP contribution in [0.15, 0.2) is 41.8 Å². The van der Waals surface area contributed by atoms with Gasteiger partial charge in [0.05, 0.1) is 19.8 Å². The summed E-state index contributed by atoms with van der Waals surface area (Å²) in [5.41, 5.74) is 1.06. The van der Waals surface area contributed by atoms with Crippen molar-refractivity contribution in [2.75, 3.05) is 26.8 Å². The normalized spacial score (nSPS) is 16.8. The minimum atomic E-state index is 0.0374. The molecule has 26 heavy (non-hydrogen) atoms. The van der Waals surface area contributed by atoms with Crippen LogP contribution in [0.5, 0.6) is 5.75 Å². The highest BCUT2D eigenvalue weighted by molar-refractivity contribution is 7.09. The van der Waals surface area contributed by atoms with Gasteiger partial charge in [-0.2, -0.15) is 0 Å². The van der Waals surface area contributed by atoms with Crippen LogP contribution in [-0.4, -0.2) is 43.7 Å². The zero-order chi connectivity index (χ0) is 18.2. The number of hydrogen-bond acceptors (Lipinski definition) is 5. The number of benzene rings is 1. The molecule has 0 bridgehead atoms. The van der Waals surface area contributed by atoms with Crippen molar-refractivity contribution in [2.45, 2.75) is 32.0 Å². The number of carbonyl (C=O) groups excluding carboxylic acids is 1. The van der Waals surface area contributed by atoms with Gasteiger partial charge in [-0.05, 0) is 42.0 Å². The Kier molecular flexibility index (Phi) is 7.05. The number of rotatable bonds is 9. The maximum absolute atomic E-state index is 12.4. The number of ether oxygens (including phenoxy) is 2. The molecule has 2 aromatic rings. The minimum Gasteiger partial charge on any atom is -0.497 e. The first-order chi connectivity index (χ1) is 12.7.